The quantitative estimate of drug-likeness (QED) is 0.503. The van der Waals surface area contributed by atoms with Gasteiger partial charge in [0.15, 0.2) is 0 Å². The third-order valence-electron chi connectivity index (χ3n) is 2.21. The second-order valence-corrected chi connectivity index (χ2v) is 4.56. The molecule has 0 aromatic heterocycles. The molecule has 0 aromatic carbocycles. The van der Waals surface area contributed by atoms with Gasteiger partial charge in [-0.05, 0) is 5.92 Å². The van der Waals surface area contributed by atoms with E-state index in [9.17, 15) is 9.59 Å². The lowest BCUT2D eigenvalue weighted by Gasteiger charge is -2.14. The maximum absolute atomic E-state index is 11.4. The first-order chi connectivity index (χ1) is 8.95. The molecule has 0 aromatic rings. The number of methoxy groups -OCH3 is 1. The van der Waals surface area contributed by atoms with Crippen LogP contribution in [0.2, 0.25) is 0 Å². The highest BCUT2D eigenvalue weighted by atomic mass is 16.5. The minimum absolute atomic E-state index is 0.145. The lowest BCUT2D eigenvalue weighted by atomic mass is 10.2. The Labute approximate surface area is 113 Å². The number of hydrogen-bond acceptors (Lipinski definition) is 4. The van der Waals surface area contributed by atoms with Gasteiger partial charge in [0.2, 0.25) is 0 Å². The van der Waals surface area contributed by atoms with Crippen molar-refractivity contribution in [2.45, 2.75) is 26.4 Å². The molecule has 0 rings (SSSR count). The van der Waals surface area contributed by atoms with Crippen molar-refractivity contribution < 1.29 is 24.2 Å². The van der Waals surface area contributed by atoms with Crippen LogP contribution >= 0.6 is 0 Å². The molecule has 7 nitrogen and oxygen atoms in total. The van der Waals surface area contributed by atoms with E-state index in [0.29, 0.717) is 25.7 Å². The molecule has 19 heavy (non-hydrogen) atoms. The molecule has 0 fully saturated rings. The summed E-state index contributed by atoms with van der Waals surface area (Å²) in [5, 5.41) is 13.8. The van der Waals surface area contributed by atoms with Crippen molar-refractivity contribution in [2.75, 3.05) is 33.4 Å². The van der Waals surface area contributed by atoms with Crippen molar-refractivity contribution in [1.29, 1.82) is 0 Å². The fraction of sp³-hybridized carbons (Fsp3) is 0.833. The van der Waals surface area contributed by atoms with Crippen molar-refractivity contribution in [1.82, 2.24) is 10.6 Å². The highest BCUT2D eigenvalue weighted by Gasteiger charge is 2.13. The largest absolute Gasteiger partial charge is 0.481 e. The number of hydrogen-bond donors (Lipinski definition) is 3. The molecule has 0 radical (unpaired) electrons. The van der Waals surface area contributed by atoms with Gasteiger partial charge in [-0.2, -0.15) is 0 Å². The van der Waals surface area contributed by atoms with Gasteiger partial charge in [0.25, 0.3) is 0 Å². The number of carboxylic acid groups (broad SMARTS) is 1. The Bertz CT molecular complexity index is 271. The van der Waals surface area contributed by atoms with E-state index in [-0.39, 0.29) is 19.0 Å². The standard InChI is InChI=1S/C12H24N2O5/c1-9(2)8-19-5-4-13-12(17)14-7-10(18-3)6-11(15)16/h9-10H,4-8H2,1-3H3,(H,15,16)(H2,13,14,17). The number of ether oxygens (including phenoxy) is 2. The monoisotopic (exact) mass is 276 g/mol. The number of carbonyl (C=O) groups excluding carboxylic acids is 1. The zero-order valence-corrected chi connectivity index (χ0v) is 11.8. The molecular weight excluding hydrogens is 252 g/mol. The van der Waals surface area contributed by atoms with Gasteiger partial charge in [-0.3, -0.25) is 4.79 Å². The Morgan fingerprint density at radius 2 is 1.95 bits per heavy atom. The summed E-state index contributed by atoms with van der Waals surface area (Å²) in [4.78, 5) is 21.9. The van der Waals surface area contributed by atoms with E-state index in [1.165, 1.54) is 7.11 Å². The minimum Gasteiger partial charge on any atom is -0.481 e. The third-order valence-corrected chi connectivity index (χ3v) is 2.21. The summed E-state index contributed by atoms with van der Waals surface area (Å²) in [6.07, 6.45) is -0.672. The zero-order valence-electron chi connectivity index (χ0n) is 11.8. The summed E-state index contributed by atoms with van der Waals surface area (Å²) in [6.45, 7) is 5.78. The molecule has 0 aliphatic carbocycles. The van der Waals surface area contributed by atoms with Crippen molar-refractivity contribution in [3.05, 3.63) is 0 Å². The molecule has 0 spiro atoms. The van der Waals surface area contributed by atoms with Gasteiger partial charge in [0.05, 0.1) is 19.1 Å². The van der Waals surface area contributed by atoms with Crippen LogP contribution in [0.1, 0.15) is 20.3 Å². The number of amides is 2. The van der Waals surface area contributed by atoms with E-state index >= 15 is 0 Å². The van der Waals surface area contributed by atoms with Gasteiger partial charge in [0.1, 0.15) is 0 Å². The smallest absolute Gasteiger partial charge is 0.314 e. The third kappa shape index (κ3) is 11.5. The number of rotatable bonds is 10. The molecule has 0 bridgehead atoms. The van der Waals surface area contributed by atoms with Gasteiger partial charge < -0.3 is 25.2 Å². The van der Waals surface area contributed by atoms with Crippen LogP contribution in [0.25, 0.3) is 0 Å². The molecule has 1 unspecified atom stereocenters. The summed E-state index contributed by atoms with van der Waals surface area (Å²) in [6, 6.07) is -0.361. The molecule has 0 heterocycles. The number of carboxylic acids is 1. The first-order valence-electron chi connectivity index (χ1n) is 6.29. The highest BCUT2D eigenvalue weighted by molar-refractivity contribution is 5.74. The zero-order chi connectivity index (χ0) is 14.7. The number of nitrogens with one attached hydrogen (secondary N) is 2. The van der Waals surface area contributed by atoms with Crippen molar-refractivity contribution in [3.63, 3.8) is 0 Å². The molecule has 0 aliphatic heterocycles. The van der Waals surface area contributed by atoms with Crippen LogP contribution < -0.4 is 10.6 Å². The van der Waals surface area contributed by atoms with Crippen LogP contribution in [0.4, 0.5) is 4.79 Å². The summed E-state index contributed by atoms with van der Waals surface area (Å²) in [5.74, 6) is -0.497. The lowest BCUT2D eigenvalue weighted by Crippen LogP contribution is -2.41. The van der Waals surface area contributed by atoms with E-state index < -0.39 is 12.1 Å². The Morgan fingerprint density at radius 3 is 2.47 bits per heavy atom. The summed E-state index contributed by atoms with van der Waals surface area (Å²) in [7, 11) is 1.41. The molecule has 0 saturated carbocycles. The summed E-state index contributed by atoms with van der Waals surface area (Å²) < 4.78 is 10.2. The van der Waals surface area contributed by atoms with Crippen molar-refractivity contribution in [3.8, 4) is 0 Å². The second-order valence-electron chi connectivity index (χ2n) is 4.56. The molecular formula is C12H24N2O5. The number of urea groups is 1. The van der Waals surface area contributed by atoms with Gasteiger partial charge in [-0.15, -0.1) is 0 Å². The highest BCUT2D eigenvalue weighted by Crippen LogP contribution is 1.95. The first-order valence-corrected chi connectivity index (χ1v) is 6.29. The van der Waals surface area contributed by atoms with E-state index in [1.54, 1.807) is 0 Å². The fourth-order valence-corrected chi connectivity index (χ4v) is 1.26. The Morgan fingerprint density at radius 1 is 1.26 bits per heavy atom. The van der Waals surface area contributed by atoms with E-state index in [1.807, 2.05) is 13.8 Å². The maximum atomic E-state index is 11.4. The topological polar surface area (TPSA) is 96.9 Å². The maximum Gasteiger partial charge on any atom is 0.314 e. The van der Waals surface area contributed by atoms with Crippen LogP contribution in [0, 0.1) is 5.92 Å². The molecule has 2 amide bonds. The first kappa shape index (κ1) is 17.7. The summed E-state index contributed by atoms with van der Waals surface area (Å²) >= 11 is 0. The van der Waals surface area contributed by atoms with Gasteiger partial charge in [0, 0.05) is 26.8 Å². The van der Waals surface area contributed by atoms with Crippen molar-refractivity contribution >= 4 is 12.0 Å². The molecule has 0 aliphatic rings. The van der Waals surface area contributed by atoms with Crippen LogP contribution in [0.5, 0.6) is 0 Å². The van der Waals surface area contributed by atoms with E-state index in [4.69, 9.17) is 14.6 Å². The van der Waals surface area contributed by atoms with Gasteiger partial charge >= 0.3 is 12.0 Å². The predicted molar refractivity (Wildman–Crippen MR) is 70.1 cm³/mol. The molecule has 0 saturated heterocycles. The van der Waals surface area contributed by atoms with Gasteiger partial charge in [-0.25, -0.2) is 4.79 Å². The fourth-order valence-electron chi connectivity index (χ4n) is 1.26. The predicted octanol–water partition coefficient (Wildman–Crippen LogP) is 0.448. The summed E-state index contributed by atoms with van der Waals surface area (Å²) in [5.41, 5.74) is 0. The average Bonchev–Trinajstić information content (AvgIpc) is 2.33. The van der Waals surface area contributed by atoms with Crippen LogP contribution in [0.15, 0.2) is 0 Å². The van der Waals surface area contributed by atoms with Crippen molar-refractivity contribution in [2.24, 2.45) is 5.92 Å². The number of aliphatic carboxylic acids is 1. The lowest BCUT2D eigenvalue weighted by molar-refractivity contribution is -0.139. The SMILES string of the molecule is COC(CNC(=O)NCCOCC(C)C)CC(=O)O. The van der Waals surface area contributed by atoms with Crippen LogP contribution in [-0.2, 0) is 14.3 Å². The molecule has 112 valence electrons. The Hall–Kier alpha value is -1.34. The Balaban J connectivity index is 3.60. The minimum atomic E-state index is -0.962. The molecule has 7 heteroatoms. The molecule has 1 atom stereocenters. The van der Waals surface area contributed by atoms with Gasteiger partial charge in [-0.1, -0.05) is 13.8 Å². The van der Waals surface area contributed by atoms with E-state index in [2.05, 4.69) is 10.6 Å². The average molecular weight is 276 g/mol. The van der Waals surface area contributed by atoms with Crippen LogP contribution in [-0.4, -0.2) is 56.6 Å². The Kier molecular flexibility index (Phi) is 9.82. The van der Waals surface area contributed by atoms with E-state index in [0.717, 1.165) is 0 Å². The number of carbonyl (C=O) groups is 2. The van der Waals surface area contributed by atoms with Crippen LogP contribution in [0.3, 0.4) is 0 Å². The second kappa shape index (κ2) is 10.6. The molecule has 3 N–H and O–H groups in total. The normalized spacial score (nSPS) is 12.2.